The number of rotatable bonds is 5. The molecule has 20 heavy (non-hydrogen) atoms. The van der Waals surface area contributed by atoms with E-state index in [4.69, 9.17) is 10.5 Å². The summed E-state index contributed by atoms with van der Waals surface area (Å²) in [5.41, 5.74) is 9.84. The van der Waals surface area contributed by atoms with Crippen molar-refractivity contribution in [2.24, 2.45) is 5.73 Å². The predicted molar refractivity (Wildman–Crippen MR) is 87.4 cm³/mol. The van der Waals surface area contributed by atoms with E-state index in [1.807, 2.05) is 12.1 Å². The number of ether oxygens (including phenoxy) is 1. The quantitative estimate of drug-likeness (QED) is 0.895. The van der Waals surface area contributed by atoms with Crippen LogP contribution in [0.3, 0.4) is 0 Å². The van der Waals surface area contributed by atoms with E-state index in [1.54, 1.807) is 7.11 Å². The molecule has 0 amide bonds. The molecule has 2 aromatic carbocycles. The molecule has 0 fully saturated rings. The summed E-state index contributed by atoms with van der Waals surface area (Å²) in [5, 5.41) is 0. The van der Waals surface area contributed by atoms with Crippen LogP contribution in [0.5, 0.6) is 5.75 Å². The van der Waals surface area contributed by atoms with Gasteiger partial charge in [0.2, 0.25) is 0 Å². The Hall–Kier alpha value is -1.32. The van der Waals surface area contributed by atoms with Crippen molar-refractivity contribution < 1.29 is 4.74 Å². The lowest BCUT2D eigenvalue weighted by Crippen LogP contribution is -2.16. The molecule has 0 saturated carbocycles. The summed E-state index contributed by atoms with van der Waals surface area (Å²) in [6.07, 6.45) is 0.902. The van der Waals surface area contributed by atoms with Crippen LogP contribution < -0.4 is 10.5 Å². The summed E-state index contributed by atoms with van der Waals surface area (Å²) < 4.78 is 6.40. The lowest BCUT2D eigenvalue weighted by Gasteiger charge is -2.19. The Bertz CT molecular complexity index is 583. The van der Waals surface area contributed by atoms with Gasteiger partial charge in [0.25, 0.3) is 0 Å². The highest BCUT2D eigenvalue weighted by atomic mass is 79.9. The van der Waals surface area contributed by atoms with E-state index < -0.39 is 0 Å². The molecule has 1 unspecified atom stereocenters. The second kappa shape index (κ2) is 6.91. The fraction of sp³-hybridized carbons (Fsp3) is 0.294. The molecule has 2 N–H and O–H groups in total. The highest BCUT2D eigenvalue weighted by Gasteiger charge is 2.14. The number of hydrogen-bond donors (Lipinski definition) is 1. The second-order valence-corrected chi connectivity index (χ2v) is 5.81. The molecule has 0 heterocycles. The molecule has 0 aliphatic heterocycles. The zero-order valence-electron chi connectivity index (χ0n) is 11.9. The van der Waals surface area contributed by atoms with Gasteiger partial charge in [-0.3, -0.25) is 0 Å². The van der Waals surface area contributed by atoms with Gasteiger partial charge in [-0.05, 0) is 54.8 Å². The molecular weight excluding hydrogens is 314 g/mol. The lowest BCUT2D eigenvalue weighted by atomic mass is 9.89. The Balaban J connectivity index is 2.29. The summed E-state index contributed by atoms with van der Waals surface area (Å²) in [6.45, 7) is 2.77. The van der Waals surface area contributed by atoms with Crippen molar-refractivity contribution in [3.8, 4) is 5.75 Å². The minimum absolute atomic E-state index is 0.319. The van der Waals surface area contributed by atoms with Crippen molar-refractivity contribution >= 4 is 15.9 Å². The van der Waals surface area contributed by atoms with E-state index >= 15 is 0 Å². The van der Waals surface area contributed by atoms with Crippen molar-refractivity contribution in [3.05, 3.63) is 63.6 Å². The molecule has 2 nitrogen and oxygen atoms in total. The third kappa shape index (κ3) is 3.41. The number of methoxy groups -OCH3 is 1. The van der Waals surface area contributed by atoms with Crippen LogP contribution in [-0.2, 0) is 6.42 Å². The number of nitrogens with two attached hydrogens (primary N) is 1. The predicted octanol–water partition coefficient (Wildman–Crippen LogP) is 4.05. The fourth-order valence-corrected chi connectivity index (χ4v) is 2.87. The first kappa shape index (κ1) is 15.1. The van der Waals surface area contributed by atoms with E-state index in [2.05, 4.69) is 53.2 Å². The first-order valence-corrected chi connectivity index (χ1v) is 7.53. The van der Waals surface area contributed by atoms with E-state index in [0.29, 0.717) is 12.5 Å². The van der Waals surface area contributed by atoms with Gasteiger partial charge < -0.3 is 10.5 Å². The fourth-order valence-electron chi connectivity index (χ4n) is 2.47. The average Bonchev–Trinajstić information content (AvgIpc) is 2.47. The molecule has 3 heteroatoms. The molecule has 0 aliphatic carbocycles. The van der Waals surface area contributed by atoms with E-state index in [9.17, 15) is 0 Å². The molecule has 2 rings (SSSR count). The monoisotopic (exact) mass is 333 g/mol. The SMILES string of the molecule is COc1ccc(Br)c(CC(CN)c2ccccc2C)c1. The van der Waals surface area contributed by atoms with Crippen molar-refractivity contribution in [1.29, 1.82) is 0 Å². The molecule has 1 atom stereocenters. The van der Waals surface area contributed by atoms with E-state index in [-0.39, 0.29) is 0 Å². The minimum Gasteiger partial charge on any atom is -0.497 e. The van der Waals surface area contributed by atoms with Gasteiger partial charge in [0.05, 0.1) is 7.11 Å². The Morgan fingerprint density at radius 3 is 2.60 bits per heavy atom. The maximum atomic E-state index is 6.00. The summed E-state index contributed by atoms with van der Waals surface area (Å²) in [4.78, 5) is 0. The van der Waals surface area contributed by atoms with Gasteiger partial charge in [-0.25, -0.2) is 0 Å². The topological polar surface area (TPSA) is 35.2 Å². The smallest absolute Gasteiger partial charge is 0.119 e. The van der Waals surface area contributed by atoms with Crippen molar-refractivity contribution in [3.63, 3.8) is 0 Å². The first-order valence-electron chi connectivity index (χ1n) is 6.73. The molecular formula is C17H20BrNO. The number of hydrogen-bond acceptors (Lipinski definition) is 2. The van der Waals surface area contributed by atoms with Crippen molar-refractivity contribution in [1.82, 2.24) is 0 Å². The number of halogens is 1. The van der Waals surface area contributed by atoms with Crippen LogP contribution in [0.4, 0.5) is 0 Å². The summed E-state index contributed by atoms with van der Waals surface area (Å²) in [7, 11) is 1.69. The lowest BCUT2D eigenvalue weighted by molar-refractivity contribution is 0.414. The summed E-state index contributed by atoms with van der Waals surface area (Å²) >= 11 is 3.61. The maximum Gasteiger partial charge on any atom is 0.119 e. The Morgan fingerprint density at radius 2 is 1.95 bits per heavy atom. The van der Waals surface area contributed by atoms with Crippen LogP contribution in [0.25, 0.3) is 0 Å². The van der Waals surface area contributed by atoms with Crippen LogP contribution in [0, 0.1) is 6.92 Å². The van der Waals surface area contributed by atoms with E-state index in [1.165, 1.54) is 16.7 Å². The first-order chi connectivity index (χ1) is 9.65. The Morgan fingerprint density at radius 1 is 1.20 bits per heavy atom. The molecule has 0 bridgehead atoms. The van der Waals surface area contributed by atoms with Gasteiger partial charge in [-0.2, -0.15) is 0 Å². The van der Waals surface area contributed by atoms with Crippen LogP contribution in [0.15, 0.2) is 46.9 Å². The maximum absolute atomic E-state index is 6.00. The van der Waals surface area contributed by atoms with Crippen LogP contribution in [0.1, 0.15) is 22.6 Å². The zero-order valence-corrected chi connectivity index (χ0v) is 13.5. The van der Waals surface area contributed by atoms with Gasteiger partial charge in [-0.1, -0.05) is 40.2 Å². The van der Waals surface area contributed by atoms with Gasteiger partial charge in [0.1, 0.15) is 5.75 Å². The van der Waals surface area contributed by atoms with Crippen molar-refractivity contribution in [2.45, 2.75) is 19.3 Å². The van der Waals surface area contributed by atoms with Gasteiger partial charge in [0, 0.05) is 10.4 Å². The van der Waals surface area contributed by atoms with Crippen LogP contribution in [0.2, 0.25) is 0 Å². The van der Waals surface area contributed by atoms with Crippen LogP contribution >= 0.6 is 15.9 Å². The normalized spacial score (nSPS) is 12.2. The van der Waals surface area contributed by atoms with Crippen LogP contribution in [-0.4, -0.2) is 13.7 Å². The Labute approximate surface area is 129 Å². The number of aryl methyl sites for hydroxylation is 1. The molecule has 106 valence electrons. The molecule has 0 aliphatic rings. The van der Waals surface area contributed by atoms with Gasteiger partial charge >= 0.3 is 0 Å². The highest BCUT2D eigenvalue weighted by Crippen LogP contribution is 2.29. The standard InChI is InChI=1S/C17H20BrNO/c1-12-5-3-4-6-16(12)14(11-19)9-13-10-15(20-2)7-8-17(13)18/h3-8,10,14H,9,11,19H2,1-2H3. The Kier molecular flexibility index (Phi) is 5.21. The third-order valence-electron chi connectivity index (χ3n) is 3.63. The zero-order chi connectivity index (χ0) is 14.5. The summed E-state index contributed by atoms with van der Waals surface area (Å²) in [5.74, 6) is 1.20. The van der Waals surface area contributed by atoms with Crippen molar-refractivity contribution in [2.75, 3.05) is 13.7 Å². The molecule has 0 spiro atoms. The molecule has 0 aromatic heterocycles. The second-order valence-electron chi connectivity index (χ2n) is 4.95. The molecule has 2 aromatic rings. The molecule has 0 radical (unpaired) electrons. The average molecular weight is 334 g/mol. The third-order valence-corrected chi connectivity index (χ3v) is 4.41. The van der Waals surface area contributed by atoms with Gasteiger partial charge in [-0.15, -0.1) is 0 Å². The largest absolute Gasteiger partial charge is 0.497 e. The van der Waals surface area contributed by atoms with E-state index in [0.717, 1.165) is 16.6 Å². The summed E-state index contributed by atoms with van der Waals surface area (Å²) in [6, 6.07) is 14.5. The molecule has 0 saturated heterocycles. The minimum atomic E-state index is 0.319. The highest BCUT2D eigenvalue weighted by molar-refractivity contribution is 9.10. The van der Waals surface area contributed by atoms with Gasteiger partial charge in [0.15, 0.2) is 0 Å². The number of benzene rings is 2.